The van der Waals surface area contributed by atoms with Crippen LogP contribution in [0.2, 0.25) is 0 Å². The molecule has 2 unspecified atom stereocenters. The number of amides is 1. The summed E-state index contributed by atoms with van der Waals surface area (Å²) in [6.45, 7) is 1.99. The molecule has 130 valence electrons. The molecular formula is C16H19FN2O3S2. The number of anilines is 1. The van der Waals surface area contributed by atoms with Crippen molar-refractivity contribution in [3.8, 4) is 0 Å². The van der Waals surface area contributed by atoms with Gasteiger partial charge in [-0.1, -0.05) is 37.2 Å². The summed E-state index contributed by atoms with van der Waals surface area (Å²) in [5.41, 5.74) is 0.275. The van der Waals surface area contributed by atoms with Crippen LogP contribution in [0.1, 0.15) is 26.2 Å². The van der Waals surface area contributed by atoms with Crippen LogP contribution in [0.5, 0.6) is 0 Å². The summed E-state index contributed by atoms with van der Waals surface area (Å²) < 4.78 is 38.1. The predicted octanol–water partition coefficient (Wildman–Crippen LogP) is 2.62. The molecule has 1 amide bonds. The fourth-order valence-electron chi connectivity index (χ4n) is 2.98. The molecule has 0 aromatic heterocycles. The number of para-hydroxylation sites is 1. The Kier molecular flexibility index (Phi) is 4.96. The van der Waals surface area contributed by atoms with Crippen molar-refractivity contribution in [2.24, 2.45) is 4.99 Å². The van der Waals surface area contributed by atoms with Gasteiger partial charge in [-0.15, -0.1) is 0 Å². The number of aliphatic imine (C=N–C) groups is 1. The second-order valence-corrected chi connectivity index (χ2v) is 9.37. The number of sulfone groups is 1. The van der Waals surface area contributed by atoms with E-state index in [0.29, 0.717) is 11.6 Å². The number of carbonyl (C=O) groups excluding carboxylic acids is 1. The molecule has 1 aromatic rings. The fraction of sp³-hybridized carbons (Fsp3) is 0.500. The lowest BCUT2D eigenvalue weighted by Gasteiger charge is -2.24. The van der Waals surface area contributed by atoms with Crippen LogP contribution in [-0.4, -0.2) is 42.3 Å². The maximum atomic E-state index is 14.3. The highest BCUT2D eigenvalue weighted by Gasteiger charge is 2.49. The third-order valence-corrected chi connectivity index (χ3v) is 7.35. The molecule has 8 heteroatoms. The molecule has 2 aliphatic heterocycles. The Morgan fingerprint density at radius 2 is 2.12 bits per heavy atom. The first-order valence-corrected chi connectivity index (χ1v) is 10.6. The summed E-state index contributed by atoms with van der Waals surface area (Å²) in [7, 11) is -3.15. The van der Waals surface area contributed by atoms with Crippen LogP contribution in [-0.2, 0) is 14.6 Å². The maximum Gasteiger partial charge on any atom is 0.248 e. The van der Waals surface area contributed by atoms with Crippen LogP contribution in [0, 0.1) is 5.82 Å². The molecule has 3 rings (SSSR count). The molecule has 2 fully saturated rings. The predicted molar refractivity (Wildman–Crippen MR) is 94.7 cm³/mol. The maximum absolute atomic E-state index is 14.3. The number of rotatable bonds is 4. The zero-order valence-corrected chi connectivity index (χ0v) is 14.9. The average molecular weight is 370 g/mol. The van der Waals surface area contributed by atoms with Gasteiger partial charge in [-0.2, -0.15) is 4.99 Å². The fourth-order valence-corrected chi connectivity index (χ4v) is 6.91. The zero-order valence-electron chi connectivity index (χ0n) is 13.3. The van der Waals surface area contributed by atoms with E-state index in [9.17, 15) is 17.6 Å². The molecule has 1 aromatic carbocycles. The Morgan fingerprint density at radius 3 is 2.83 bits per heavy atom. The first kappa shape index (κ1) is 17.4. The van der Waals surface area contributed by atoms with Crippen LogP contribution < -0.4 is 4.90 Å². The molecule has 2 atom stereocenters. The minimum atomic E-state index is -3.15. The molecule has 0 aliphatic carbocycles. The molecule has 24 heavy (non-hydrogen) atoms. The number of unbranched alkanes of at least 4 members (excludes halogenated alkanes) is 1. The van der Waals surface area contributed by atoms with Crippen molar-refractivity contribution in [2.45, 2.75) is 37.5 Å². The third-order valence-electron chi connectivity index (χ3n) is 4.14. The first-order chi connectivity index (χ1) is 11.4. The standard InChI is InChI=1S/C16H19FN2O3S2/c1-2-3-8-15(20)18-16-19(12-7-5-4-6-11(12)17)13-9-24(21,22)10-14(13)23-16/h4-7,13-14H,2-3,8-10H2,1H3. The number of benzene rings is 1. The van der Waals surface area contributed by atoms with E-state index in [2.05, 4.69) is 4.99 Å². The van der Waals surface area contributed by atoms with Crippen LogP contribution in [0.15, 0.2) is 29.3 Å². The minimum absolute atomic E-state index is 0.0372. The topological polar surface area (TPSA) is 66.8 Å². The highest BCUT2D eigenvalue weighted by atomic mass is 32.2. The minimum Gasteiger partial charge on any atom is -0.313 e. The Balaban J connectivity index is 1.96. The Labute approximate surface area is 145 Å². The lowest BCUT2D eigenvalue weighted by molar-refractivity contribution is -0.117. The van der Waals surface area contributed by atoms with Crippen LogP contribution in [0.4, 0.5) is 10.1 Å². The van der Waals surface area contributed by atoms with Gasteiger partial charge in [-0.25, -0.2) is 12.8 Å². The van der Waals surface area contributed by atoms with Gasteiger partial charge in [0, 0.05) is 11.7 Å². The number of fused-ring (bicyclic) bond motifs is 1. The molecule has 0 saturated carbocycles. The highest BCUT2D eigenvalue weighted by Crippen LogP contribution is 2.41. The molecule has 5 nitrogen and oxygen atoms in total. The summed E-state index contributed by atoms with van der Waals surface area (Å²) in [5, 5.41) is 0.193. The van der Waals surface area contributed by atoms with Crippen LogP contribution >= 0.6 is 11.8 Å². The number of amidine groups is 1. The van der Waals surface area contributed by atoms with Crippen molar-refractivity contribution in [1.29, 1.82) is 0 Å². The van der Waals surface area contributed by atoms with Crippen molar-refractivity contribution in [2.75, 3.05) is 16.4 Å². The van der Waals surface area contributed by atoms with Crippen molar-refractivity contribution >= 4 is 38.4 Å². The van der Waals surface area contributed by atoms with Crippen LogP contribution in [0.3, 0.4) is 0 Å². The van der Waals surface area contributed by atoms with E-state index in [4.69, 9.17) is 0 Å². The Hall–Kier alpha value is -1.41. The number of hydrogen-bond acceptors (Lipinski definition) is 4. The van der Waals surface area contributed by atoms with E-state index in [1.54, 1.807) is 23.1 Å². The molecular weight excluding hydrogens is 351 g/mol. The summed E-state index contributed by atoms with van der Waals surface area (Å²) in [6, 6.07) is 5.81. The van der Waals surface area contributed by atoms with Crippen molar-refractivity contribution in [3.63, 3.8) is 0 Å². The molecule has 0 bridgehead atoms. The summed E-state index contributed by atoms with van der Waals surface area (Å²) in [6.07, 6.45) is 1.99. The largest absolute Gasteiger partial charge is 0.313 e. The number of halogens is 1. The Morgan fingerprint density at radius 1 is 1.38 bits per heavy atom. The van der Waals surface area contributed by atoms with Crippen molar-refractivity contribution < 1.29 is 17.6 Å². The quantitative estimate of drug-likeness (QED) is 0.815. The summed E-state index contributed by atoms with van der Waals surface area (Å²) in [4.78, 5) is 17.8. The van der Waals surface area contributed by atoms with E-state index in [-0.39, 0.29) is 34.4 Å². The van der Waals surface area contributed by atoms with E-state index >= 15 is 0 Å². The number of nitrogens with zero attached hydrogens (tertiary/aromatic N) is 2. The normalized spacial score (nSPS) is 26.8. The highest BCUT2D eigenvalue weighted by molar-refractivity contribution is 8.16. The van der Waals surface area contributed by atoms with E-state index in [1.165, 1.54) is 17.8 Å². The van der Waals surface area contributed by atoms with Gasteiger partial charge in [-0.3, -0.25) is 4.79 Å². The van der Waals surface area contributed by atoms with Crippen LogP contribution in [0.25, 0.3) is 0 Å². The van der Waals surface area contributed by atoms with Gasteiger partial charge in [0.2, 0.25) is 5.91 Å². The van der Waals surface area contributed by atoms with Gasteiger partial charge in [-0.05, 0) is 18.6 Å². The first-order valence-electron chi connectivity index (χ1n) is 7.93. The van der Waals surface area contributed by atoms with Gasteiger partial charge in [0.15, 0.2) is 15.0 Å². The molecule has 0 N–H and O–H groups in total. The number of thioether (sulfide) groups is 1. The second kappa shape index (κ2) is 6.84. The second-order valence-electron chi connectivity index (χ2n) is 6.01. The SMILES string of the molecule is CCCCC(=O)N=C1SC2CS(=O)(=O)CC2N1c1ccccc1F. The van der Waals surface area contributed by atoms with E-state index in [0.717, 1.165) is 12.8 Å². The van der Waals surface area contributed by atoms with Gasteiger partial charge >= 0.3 is 0 Å². The molecule has 2 heterocycles. The van der Waals surface area contributed by atoms with E-state index < -0.39 is 15.7 Å². The van der Waals surface area contributed by atoms with Gasteiger partial charge in [0.25, 0.3) is 0 Å². The zero-order chi connectivity index (χ0) is 17.3. The molecule has 0 radical (unpaired) electrons. The smallest absolute Gasteiger partial charge is 0.248 e. The van der Waals surface area contributed by atoms with E-state index in [1.807, 2.05) is 6.92 Å². The van der Waals surface area contributed by atoms with Crippen molar-refractivity contribution in [3.05, 3.63) is 30.1 Å². The average Bonchev–Trinajstić information content (AvgIpc) is 2.97. The third kappa shape index (κ3) is 3.49. The number of carbonyl (C=O) groups is 1. The van der Waals surface area contributed by atoms with Gasteiger partial charge in [0.05, 0.1) is 23.2 Å². The molecule has 0 spiro atoms. The van der Waals surface area contributed by atoms with Gasteiger partial charge in [0.1, 0.15) is 5.82 Å². The molecule has 2 aliphatic rings. The lowest BCUT2D eigenvalue weighted by Crippen LogP contribution is -2.38. The Bertz CT molecular complexity index is 779. The van der Waals surface area contributed by atoms with Gasteiger partial charge < -0.3 is 4.90 Å². The number of hydrogen-bond donors (Lipinski definition) is 0. The summed E-state index contributed by atoms with van der Waals surface area (Å²) >= 11 is 1.27. The van der Waals surface area contributed by atoms with Crippen molar-refractivity contribution in [1.82, 2.24) is 0 Å². The lowest BCUT2D eigenvalue weighted by atomic mass is 10.2. The summed E-state index contributed by atoms with van der Waals surface area (Å²) in [5.74, 6) is -0.698. The monoisotopic (exact) mass is 370 g/mol. The molecule has 2 saturated heterocycles.